The minimum atomic E-state index is -0.889. The van der Waals surface area contributed by atoms with E-state index in [-0.39, 0.29) is 12.2 Å². The molecule has 1 aromatic rings. The molecule has 0 bridgehead atoms. The number of carboxylic acid groups (broad SMARTS) is 1. The van der Waals surface area contributed by atoms with E-state index in [1.165, 1.54) is 20.3 Å². The van der Waals surface area contributed by atoms with Gasteiger partial charge in [0.05, 0.1) is 14.2 Å². The van der Waals surface area contributed by atoms with E-state index in [0.29, 0.717) is 24.2 Å². The van der Waals surface area contributed by atoms with Gasteiger partial charge in [0, 0.05) is 12.5 Å². The normalized spacial score (nSPS) is 10.1. The van der Waals surface area contributed by atoms with Gasteiger partial charge in [0.2, 0.25) is 0 Å². The zero-order valence-electron chi connectivity index (χ0n) is 9.83. The van der Waals surface area contributed by atoms with Crippen LogP contribution in [0.2, 0.25) is 0 Å². The van der Waals surface area contributed by atoms with Crippen molar-refractivity contribution in [2.75, 3.05) is 14.2 Å². The Hall–Kier alpha value is -1.78. The van der Waals surface area contributed by atoms with E-state index in [2.05, 4.69) is 0 Å². The Morgan fingerprint density at radius 1 is 1.35 bits per heavy atom. The molecule has 0 aromatic heterocycles. The molecule has 1 N–H and O–H groups in total. The lowest BCUT2D eigenvalue weighted by atomic mass is 10.1. The molecular formula is C12H15FO4. The number of halogens is 1. The predicted octanol–water partition coefficient (Wildman–Crippen LogP) is 2.25. The Kier molecular flexibility index (Phi) is 4.75. The van der Waals surface area contributed by atoms with Gasteiger partial charge < -0.3 is 14.6 Å². The van der Waals surface area contributed by atoms with E-state index < -0.39 is 11.8 Å². The minimum absolute atomic E-state index is 0.0129. The van der Waals surface area contributed by atoms with E-state index in [1.54, 1.807) is 6.07 Å². The van der Waals surface area contributed by atoms with Gasteiger partial charge in [-0.3, -0.25) is 4.79 Å². The van der Waals surface area contributed by atoms with Crippen molar-refractivity contribution in [3.8, 4) is 11.5 Å². The first kappa shape index (κ1) is 13.3. The van der Waals surface area contributed by atoms with Crippen LogP contribution in [-0.4, -0.2) is 25.3 Å². The summed E-state index contributed by atoms with van der Waals surface area (Å²) < 4.78 is 23.7. The molecule has 0 saturated carbocycles. The van der Waals surface area contributed by atoms with Crippen LogP contribution in [-0.2, 0) is 11.2 Å². The van der Waals surface area contributed by atoms with Crippen LogP contribution in [0.1, 0.15) is 18.4 Å². The van der Waals surface area contributed by atoms with Crippen molar-refractivity contribution in [3.63, 3.8) is 0 Å². The molecule has 1 rings (SSSR count). The minimum Gasteiger partial charge on any atom is -0.497 e. The Morgan fingerprint density at radius 3 is 2.59 bits per heavy atom. The third kappa shape index (κ3) is 3.62. The van der Waals surface area contributed by atoms with Crippen molar-refractivity contribution in [1.29, 1.82) is 0 Å². The molecule has 4 nitrogen and oxygen atoms in total. The molecule has 1 aromatic carbocycles. The molecular weight excluding hydrogens is 227 g/mol. The van der Waals surface area contributed by atoms with Gasteiger partial charge in [0.15, 0.2) is 11.6 Å². The van der Waals surface area contributed by atoms with Crippen LogP contribution in [0.25, 0.3) is 0 Å². The highest BCUT2D eigenvalue weighted by atomic mass is 19.1. The lowest BCUT2D eigenvalue weighted by molar-refractivity contribution is -0.137. The first-order chi connectivity index (χ1) is 8.08. The van der Waals surface area contributed by atoms with Crippen LogP contribution < -0.4 is 9.47 Å². The number of methoxy groups -OCH3 is 2. The fourth-order valence-electron chi connectivity index (χ4n) is 1.51. The monoisotopic (exact) mass is 242 g/mol. The van der Waals surface area contributed by atoms with Gasteiger partial charge in [-0.05, 0) is 24.5 Å². The Balaban J connectivity index is 2.85. The van der Waals surface area contributed by atoms with Crippen molar-refractivity contribution in [2.24, 2.45) is 0 Å². The summed E-state index contributed by atoms with van der Waals surface area (Å²) in [6.45, 7) is 0. The molecule has 0 fully saturated rings. The highest BCUT2D eigenvalue weighted by Crippen LogP contribution is 2.28. The Bertz CT molecular complexity index is 404. The van der Waals surface area contributed by atoms with Crippen molar-refractivity contribution >= 4 is 5.97 Å². The molecule has 0 amide bonds. The lowest BCUT2D eigenvalue weighted by Gasteiger charge is -2.10. The van der Waals surface area contributed by atoms with Gasteiger partial charge in [0.1, 0.15) is 5.75 Å². The van der Waals surface area contributed by atoms with E-state index >= 15 is 0 Å². The molecule has 5 heteroatoms. The molecule has 0 aliphatic carbocycles. The van der Waals surface area contributed by atoms with Crippen molar-refractivity contribution in [1.82, 2.24) is 0 Å². The Morgan fingerprint density at radius 2 is 2.06 bits per heavy atom. The van der Waals surface area contributed by atoms with E-state index in [4.69, 9.17) is 14.6 Å². The number of aryl methyl sites for hydroxylation is 1. The van der Waals surface area contributed by atoms with Crippen LogP contribution in [0.15, 0.2) is 12.1 Å². The van der Waals surface area contributed by atoms with E-state index in [0.717, 1.165) is 0 Å². The predicted molar refractivity (Wildman–Crippen MR) is 60.1 cm³/mol. The number of ether oxygens (including phenoxy) is 2. The number of carboxylic acids is 1. The van der Waals surface area contributed by atoms with Crippen LogP contribution in [0, 0.1) is 5.82 Å². The number of rotatable bonds is 6. The molecule has 0 heterocycles. The van der Waals surface area contributed by atoms with Gasteiger partial charge >= 0.3 is 5.97 Å². The zero-order valence-corrected chi connectivity index (χ0v) is 9.83. The number of hydrogen-bond donors (Lipinski definition) is 1. The highest BCUT2D eigenvalue weighted by Gasteiger charge is 2.12. The smallest absolute Gasteiger partial charge is 0.303 e. The van der Waals surface area contributed by atoms with Gasteiger partial charge in [-0.1, -0.05) is 0 Å². The van der Waals surface area contributed by atoms with Crippen LogP contribution in [0.4, 0.5) is 4.39 Å². The second kappa shape index (κ2) is 6.08. The summed E-state index contributed by atoms with van der Waals surface area (Å²) in [6, 6.07) is 3.01. The fourth-order valence-corrected chi connectivity index (χ4v) is 1.51. The molecule has 17 heavy (non-hydrogen) atoms. The summed E-state index contributed by atoms with van der Waals surface area (Å²) in [6.07, 6.45) is 0.729. The SMILES string of the molecule is COc1cc(CCCC(=O)O)c(F)c(OC)c1. The quantitative estimate of drug-likeness (QED) is 0.831. The standard InChI is InChI=1S/C12H15FO4/c1-16-9-6-8(4-3-5-11(14)15)12(13)10(7-9)17-2/h6-7H,3-5H2,1-2H3,(H,14,15). The van der Waals surface area contributed by atoms with Crippen molar-refractivity contribution in [2.45, 2.75) is 19.3 Å². The third-order valence-corrected chi connectivity index (χ3v) is 2.38. The molecule has 0 spiro atoms. The lowest BCUT2D eigenvalue weighted by Crippen LogP contribution is -2.00. The van der Waals surface area contributed by atoms with Crippen molar-refractivity contribution < 1.29 is 23.8 Å². The van der Waals surface area contributed by atoms with Gasteiger partial charge in [-0.25, -0.2) is 4.39 Å². The van der Waals surface area contributed by atoms with Crippen LogP contribution in [0.5, 0.6) is 11.5 Å². The summed E-state index contributed by atoms with van der Waals surface area (Å²) >= 11 is 0. The number of aliphatic carboxylic acids is 1. The summed E-state index contributed by atoms with van der Waals surface area (Å²) in [5, 5.41) is 8.52. The highest BCUT2D eigenvalue weighted by molar-refractivity contribution is 5.66. The molecule has 94 valence electrons. The summed E-state index contributed by atoms with van der Waals surface area (Å²) in [5.74, 6) is -0.748. The molecule has 0 saturated heterocycles. The molecule has 0 unspecified atom stereocenters. The summed E-state index contributed by atoms with van der Waals surface area (Å²) in [4.78, 5) is 10.4. The van der Waals surface area contributed by atoms with E-state index in [1.807, 2.05) is 0 Å². The molecule has 0 radical (unpaired) electrons. The summed E-state index contributed by atoms with van der Waals surface area (Å²) in [7, 11) is 2.85. The van der Waals surface area contributed by atoms with E-state index in [9.17, 15) is 9.18 Å². The average molecular weight is 242 g/mol. The van der Waals surface area contributed by atoms with Gasteiger partial charge in [-0.2, -0.15) is 0 Å². The maximum Gasteiger partial charge on any atom is 0.303 e. The van der Waals surface area contributed by atoms with Gasteiger partial charge in [-0.15, -0.1) is 0 Å². The first-order valence-corrected chi connectivity index (χ1v) is 5.20. The third-order valence-electron chi connectivity index (χ3n) is 2.38. The maximum atomic E-state index is 13.8. The largest absolute Gasteiger partial charge is 0.497 e. The molecule has 0 atom stereocenters. The van der Waals surface area contributed by atoms with Crippen LogP contribution >= 0.6 is 0 Å². The molecule has 0 aliphatic heterocycles. The first-order valence-electron chi connectivity index (χ1n) is 5.20. The summed E-state index contributed by atoms with van der Waals surface area (Å²) in [5.41, 5.74) is 0.405. The number of carbonyl (C=O) groups is 1. The fraction of sp³-hybridized carbons (Fsp3) is 0.417. The van der Waals surface area contributed by atoms with Gasteiger partial charge in [0.25, 0.3) is 0 Å². The second-order valence-electron chi connectivity index (χ2n) is 3.55. The molecule has 0 aliphatic rings. The number of benzene rings is 1. The van der Waals surface area contributed by atoms with Crippen molar-refractivity contribution in [3.05, 3.63) is 23.5 Å². The van der Waals surface area contributed by atoms with Crippen LogP contribution in [0.3, 0.4) is 0 Å². The Labute approximate surface area is 99.0 Å². The second-order valence-corrected chi connectivity index (χ2v) is 3.55. The topological polar surface area (TPSA) is 55.8 Å². The maximum absolute atomic E-state index is 13.8. The number of hydrogen-bond acceptors (Lipinski definition) is 3. The zero-order chi connectivity index (χ0) is 12.8. The average Bonchev–Trinajstić information content (AvgIpc) is 2.31.